The molecule has 0 aliphatic carbocycles. The van der Waals surface area contributed by atoms with Crippen LogP contribution in [0.2, 0.25) is 0 Å². The zero-order chi connectivity index (χ0) is 9.23. The fourth-order valence-corrected chi connectivity index (χ4v) is 2.02. The number of unbranched alkanes of at least 4 members (excludes halogenated alkanes) is 2. The first-order valence-electron chi connectivity index (χ1n) is 4.68. The Morgan fingerprint density at radius 3 is 1.75 bits per heavy atom. The van der Waals surface area contributed by atoms with E-state index in [2.05, 4.69) is 13.8 Å². The molecule has 2 nitrogen and oxygen atoms in total. The van der Waals surface area contributed by atoms with E-state index in [4.69, 9.17) is 19.9 Å². The second kappa shape index (κ2) is 9.51. The van der Waals surface area contributed by atoms with Crippen LogP contribution in [0.25, 0.3) is 0 Å². The lowest BCUT2D eigenvalue weighted by Gasteiger charge is -2.09. The minimum absolute atomic E-state index is 0.753. The Labute approximate surface area is 81.8 Å². The first kappa shape index (κ1) is 12.4. The second-order valence-electron chi connectivity index (χ2n) is 2.72. The second-order valence-corrected chi connectivity index (χ2v) is 5.01. The fraction of sp³-hybridized carbons (Fsp3) is 1.00. The summed E-state index contributed by atoms with van der Waals surface area (Å²) in [7, 11) is -1.79. The Hall–Kier alpha value is 0.427. The standard InChI is InChI=1S/C8H19ClO2Si/c1-3-5-7-10-12(9)11-8-6-4-2/h12H,3-8H2,1-2H3. The van der Waals surface area contributed by atoms with Gasteiger partial charge in [-0.15, -0.1) is 11.1 Å². The van der Waals surface area contributed by atoms with Gasteiger partial charge >= 0.3 is 8.59 Å². The van der Waals surface area contributed by atoms with Crippen molar-refractivity contribution in [3.63, 3.8) is 0 Å². The minimum Gasteiger partial charge on any atom is -0.385 e. The zero-order valence-electron chi connectivity index (χ0n) is 8.01. The Morgan fingerprint density at radius 1 is 1.00 bits per heavy atom. The summed E-state index contributed by atoms with van der Waals surface area (Å²) < 4.78 is 10.6. The molecule has 0 atom stereocenters. The van der Waals surface area contributed by atoms with Crippen LogP contribution in [0.15, 0.2) is 0 Å². The van der Waals surface area contributed by atoms with E-state index < -0.39 is 8.59 Å². The molecule has 0 aromatic carbocycles. The van der Waals surface area contributed by atoms with Gasteiger partial charge in [0.25, 0.3) is 0 Å². The lowest BCUT2D eigenvalue weighted by atomic mass is 10.4. The van der Waals surface area contributed by atoms with Crippen LogP contribution in [-0.2, 0) is 8.85 Å². The maximum Gasteiger partial charge on any atom is 0.426 e. The molecule has 74 valence electrons. The van der Waals surface area contributed by atoms with E-state index in [0.717, 1.165) is 38.9 Å². The molecule has 0 saturated heterocycles. The SMILES string of the molecule is CCCCO[SiH](Cl)OCCCC. The van der Waals surface area contributed by atoms with Crippen LogP contribution in [0.5, 0.6) is 0 Å². The Bertz CT molecular complexity index is 83.1. The topological polar surface area (TPSA) is 18.5 Å². The summed E-state index contributed by atoms with van der Waals surface area (Å²) in [5.41, 5.74) is 0. The van der Waals surface area contributed by atoms with E-state index in [9.17, 15) is 0 Å². The van der Waals surface area contributed by atoms with Crippen molar-refractivity contribution in [1.29, 1.82) is 0 Å². The summed E-state index contributed by atoms with van der Waals surface area (Å²) in [6, 6.07) is 0. The number of halogens is 1. The van der Waals surface area contributed by atoms with Crippen molar-refractivity contribution in [3.05, 3.63) is 0 Å². The van der Waals surface area contributed by atoms with E-state index in [0.29, 0.717) is 0 Å². The molecular formula is C8H19ClO2Si. The lowest BCUT2D eigenvalue weighted by molar-refractivity contribution is 0.208. The predicted molar refractivity (Wildman–Crippen MR) is 54.7 cm³/mol. The Balaban J connectivity index is 3.04. The minimum atomic E-state index is -1.79. The van der Waals surface area contributed by atoms with Gasteiger partial charge in [0.05, 0.1) is 0 Å². The van der Waals surface area contributed by atoms with Crippen LogP contribution in [0, 0.1) is 0 Å². The maximum absolute atomic E-state index is 5.85. The molecule has 0 heterocycles. The first-order valence-corrected chi connectivity index (χ1v) is 7.37. The van der Waals surface area contributed by atoms with Crippen molar-refractivity contribution < 1.29 is 8.85 Å². The van der Waals surface area contributed by atoms with E-state index in [1.807, 2.05) is 0 Å². The summed E-state index contributed by atoms with van der Waals surface area (Å²) in [5, 5.41) is 0. The number of rotatable bonds is 8. The zero-order valence-corrected chi connectivity index (χ0v) is 9.93. The van der Waals surface area contributed by atoms with Crippen molar-refractivity contribution in [2.24, 2.45) is 0 Å². The van der Waals surface area contributed by atoms with Gasteiger partial charge in [-0.05, 0) is 12.8 Å². The van der Waals surface area contributed by atoms with Gasteiger partial charge in [-0.1, -0.05) is 26.7 Å². The van der Waals surface area contributed by atoms with E-state index in [1.165, 1.54) is 0 Å². The van der Waals surface area contributed by atoms with E-state index in [-0.39, 0.29) is 0 Å². The molecule has 0 aliphatic heterocycles. The summed E-state index contributed by atoms with van der Waals surface area (Å²) in [6.45, 7) is 5.77. The van der Waals surface area contributed by atoms with Gasteiger partial charge in [0, 0.05) is 13.2 Å². The fourth-order valence-electron chi connectivity index (χ4n) is 0.689. The van der Waals surface area contributed by atoms with Crippen LogP contribution >= 0.6 is 11.1 Å². The van der Waals surface area contributed by atoms with Gasteiger partial charge < -0.3 is 8.85 Å². The molecule has 0 spiro atoms. The van der Waals surface area contributed by atoms with Crippen LogP contribution in [0.3, 0.4) is 0 Å². The number of hydrogen-bond donors (Lipinski definition) is 0. The van der Waals surface area contributed by atoms with Crippen LogP contribution in [-0.4, -0.2) is 21.8 Å². The van der Waals surface area contributed by atoms with Crippen molar-refractivity contribution in [2.75, 3.05) is 13.2 Å². The maximum atomic E-state index is 5.85. The molecule has 0 aliphatic rings. The van der Waals surface area contributed by atoms with Gasteiger partial charge in [-0.25, -0.2) is 0 Å². The quantitative estimate of drug-likeness (QED) is 0.348. The van der Waals surface area contributed by atoms with Crippen molar-refractivity contribution in [2.45, 2.75) is 39.5 Å². The number of hydrogen-bond acceptors (Lipinski definition) is 2. The molecule has 0 rings (SSSR count). The summed E-state index contributed by atoms with van der Waals surface area (Å²) in [4.78, 5) is 0. The average molecular weight is 211 g/mol. The Kier molecular flexibility index (Phi) is 9.85. The molecule has 0 unspecified atom stereocenters. The van der Waals surface area contributed by atoms with Crippen molar-refractivity contribution in [1.82, 2.24) is 0 Å². The third kappa shape index (κ3) is 8.52. The normalized spacial score (nSPS) is 11.0. The predicted octanol–water partition coefficient (Wildman–Crippen LogP) is 2.58. The molecule has 0 radical (unpaired) electrons. The summed E-state index contributed by atoms with van der Waals surface area (Å²) in [6.07, 6.45) is 4.45. The van der Waals surface area contributed by atoms with Crippen molar-refractivity contribution >= 4 is 19.7 Å². The van der Waals surface area contributed by atoms with Crippen molar-refractivity contribution in [3.8, 4) is 0 Å². The largest absolute Gasteiger partial charge is 0.426 e. The summed E-state index contributed by atoms with van der Waals surface area (Å²) >= 11 is 5.85. The van der Waals surface area contributed by atoms with Gasteiger partial charge in [-0.3, -0.25) is 0 Å². The van der Waals surface area contributed by atoms with Gasteiger partial charge in [0.2, 0.25) is 0 Å². The average Bonchev–Trinajstić information content (AvgIpc) is 2.06. The highest BCUT2D eigenvalue weighted by Gasteiger charge is 2.07. The molecular weight excluding hydrogens is 192 g/mol. The molecule has 0 saturated carbocycles. The van der Waals surface area contributed by atoms with Gasteiger partial charge in [0.15, 0.2) is 0 Å². The summed E-state index contributed by atoms with van der Waals surface area (Å²) in [5.74, 6) is 0. The first-order chi connectivity index (χ1) is 5.81. The molecule has 0 amide bonds. The third-order valence-electron chi connectivity index (χ3n) is 1.49. The van der Waals surface area contributed by atoms with Crippen LogP contribution < -0.4 is 0 Å². The van der Waals surface area contributed by atoms with Crippen LogP contribution in [0.4, 0.5) is 0 Å². The van der Waals surface area contributed by atoms with E-state index in [1.54, 1.807) is 0 Å². The monoisotopic (exact) mass is 210 g/mol. The van der Waals surface area contributed by atoms with Gasteiger partial charge in [0.1, 0.15) is 0 Å². The molecule has 0 N–H and O–H groups in total. The molecule has 0 bridgehead atoms. The Morgan fingerprint density at radius 2 is 1.42 bits per heavy atom. The van der Waals surface area contributed by atoms with Gasteiger partial charge in [-0.2, -0.15) is 0 Å². The molecule has 0 fully saturated rings. The highest BCUT2D eigenvalue weighted by molar-refractivity contribution is 6.99. The molecule has 12 heavy (non-hydrogen) atoms. The molecule has 4 heteroatoms. The molecule has 0 aromatic heterocycles. The molecule has 0 aromatic rings. The smallest absolute Gasteiger partial charge is 0.385 e. The third-order valence-corrected chi connectivity index (χ3v) is 3.25. The van der Waals surface area contributed by atoms with E-state index >= 15 is 0 Å². The van der Waals surface area contributed by atoms with Crippen LogP contribution in [0.1, 0.15) is 39.5 Å². The lowest BCUT2D eigenvalue weighted by Crippen LogP contribution is -2.17. The highest BCUT2D eigenvalue weighted by Crippen LogP contribution is 1.99. The highest BCUT2D eigenvalue weighted by atomic mass is 35.6.